The second-order valence-electron chi connectivity index (χ2n) is 7.56. The first-order valence-corrected chi connectivity index (χ1v) is 9.56. The number of nitrogens with zero attached hydrogens (tertiary/aromatic N) is 2. The van der Waals surface area contributed by atoms with Crippen LogP contribution in [0.3, 0.4) is 0 Å². The minimum absolute atomic E-state index is 0.153. The fraction of sp³-hybridized carbons (Fsp3) is 0.650. The van der Waals surface area contributed by atoms with Crippen LogP contribution in [0.25, 0.3) is 0 Å². The van der Waals surface area contributed by atoms with Gasteiger partial charge in [-0.25, -0.2) is 0 Å². The second-order valence-corrected chi connectivity index (χ2v) is 7.56. The third kappa shape index (κ3) is 3.44. The number of piperidine rings is 4. The van der Waals surface area contributed by atoms with Crippen molar-refractivity contribution in [1.82, 2.24) is 9.80 Å². The van der Waals surface area contributed by atoms with E-state index in [-0.39, 0.29) is 5.91 Å². The van der Waals surface area contributed by atoms with Crippen LogP contribution in [0.1, 0.15) is 48.9 Å². The number of hydrogen-bond acceptors (Lipinski definition) is 3. The van der Waals surface area contributed by atoms with Gasteiger partial charge in [0.25, 0.3) is 5.91 Å². The summed E-state index contributed by atoms with van der Waals surface area (Å²) >= 11 is 0. The van der Waals surface area contributed by atoms with Gasteiger partial charge in [0.1, 0.15) is 12.4 Å². The molecule has 1 unspecified atom stereocenters. The highest BCUT2D eigenvalue weighted by atomic mass is 16.5. The molecule has 0 spiro atoms. The van der Waals surface area contributed by atoms with Gasteiger partial charge in [0.15, 0.2) is 0 Å². The van der Waals surface area contributed by atoms with Gasteiger partial charge < -0.3 is 9.64 Å². The lowest BCUT2D eigenvalue weighted by Gasteiger charge is -2.45. The molecule has 4 saturated heterocycles. The molecule has 4 fully saturated rings. The van der Waals surface area contributed by atoms with E-state index < -0.39 is 0 Å². The average Bonchev–Trinajstić information content (AvgIpc) is 2.68. The zero-order chi connectivity index (χ0) is 16.4. The van der Waals surface area contributed by atoms with Gasteiger partial charge in [0.05, 0.1) is 0 Å². The van der Waals surface area contributed by atoms with E-state index in [0.29, 0.717) is 6.04 Å². The van der Waals surface area contributed by atoms with E-state index in [9.17, 15) is 4.79 Å². The van der Waals surface area contributed by atoms with Crippen molar-refractivity contribution >= 4 is 5.91 Å². The molecule has 4 heteroatoms. The Balaban J connectivity index is 1.36. The van der Waals surface area contributed by atoms with E-state index in [2.05, 4.69) is 4.90 Å². The molecule has 1 aromatic carbocycles. The molecule has 4 heterocycles. The maximum atomic E-state index is 12.6. The van der Waals surface area contributed by atoms with Crippen molar-refractivity contribution in [1.29, 1.82) is 0 Å². The summed E-state index contributed by atoms with van der Waals surface area (Å²) in [5.74, 6) is 1.89. The molecular formula is C20H28N2O2. The van der Waals surface area contributed by atoms with Gasteiger partial charge >= 0.3 is 0 Å². The van der Waals surface area contributed by atoms with Crippen LogP contribution >= 0.6 is 0 Å². The van der Waals surface area contributed by atoms with E-state index in [1.807, 2.05) is 29.2 Å². The Kier molecular flexibility index (Phi) is 4.74. The number of ether oxygens (including phenoxy) is 1. The molecule has 0 N–H and O–H groups in total. The molecule has 2 bridgehead atoms. The molecule has 4 nitrogen and oxygen atoms in total. The Morgan fingerprint density at radius 3 is 2.58 bits per heavy atom. The SMILES string of the molecule is O=C(c1cccc(OCC2CC3CCN2CC3)c1)N1CCCCC1. The van der Waals surface area contributed by atoms with Gasteiger partial charge in [-0.15, -0.1) is 0 Å². The number of fused-ring (bicyclic) bond motifs is 3. The molecule has 5 rings (SSSR count). The summed E-state index contributed by atoms with van der Waals surface area (Å²) in [6.07, 6.45) is 7.48. The van der Waals surface area contributed by atoms with Crippen molar-refractivity contribution in [3.05, 3.63) is 29.8 Å². The normalized spacial score (nSPS) is 29.5. The third-order valence-electron chi connectivity index (χ3n) is 5.94. The zero-order valence-corrected chi connectivity index (χ0v) is 14.5. The van der Waals surface area contributed by atoms with Crippen molar-refractivity contribution < 1.29 is 9.53 Å². The molecule has 1 atom stereocenters. The molecule has 0 radical (unpaired) electrons. The van der Waals surface area contributed by atoms with Crippen molar-refractivity contribution in [3.63, 3.8) is 0 Å². The Hall–Kier alpha value is -1.55. The number of rotatable bonds is 4. The fourth-order valence-electron chi connectivity index (χ4n) is 4.45. The van der Waals surface area contributed by atoms with Gasteiger partial charge in [-0.3, -0.25) is 9.69 Å². The van der Waals surface area contributed by atoms with E-state index >= 15 is 0 Å². The Morgan fingerprint density at radius 2 is 1.88 bits per heavy atom. The summed E-state index contributed by atoms with van der Waals surface area (Å²) in [6.45, 7) is 4.99. The minimum atomic E-state index is 0.153. The standard InChI is InChI=1S/C20H28N2O2/c23-20(22-9-2-1-3-10-22)17-5-4-6-19(14-17)24-15-18-13-16-7-11-21(18)12-8-16/h4-6,14,16,18H,1-3,7-13,15H2. The van der Waals surface area contributed by atoms with E-state index in [1.54, 1.807) is 0 Å². The number of amides is 1. The molecule has 0 aliphatic carbocycles. The largest absolute Gasteiger partial charge is 0.492 e. The molecule has 130 valence electrons. The summed E-state index contributed by atoms with van der Waals surface area (Å²) in [4.78, 5) is 17.2. The van der Waals surface area contributed by atoms with E-state index in [4.69, 9.17) is 4.74 Å². The van der Waals surface area contributed by atoms with Crippen LogP contribution in [0, 0.1) is 5.92 Å². The lowest BCUT2D eigenvalue weighted by molar-refractivity contribution is 0.0238. The highest BCUT2D eigenvalue weighted by Crippen LogP contribution is 2.32. The number of carbonyl (C=O) groups excluding carboxylic acids is 1. The monoisotopic (exact) mass is 328 g/mol. The lowest BCUT2D eigenvalue weighted by atomic mass is 9.83. The van der Waals surface area contributed by atoms with Crippen LogP contribution in [-0.4, -0.2) is 54.5 Å². The second kappa shape index (κ2) is 7.14. The van der Waals surface area contributed by atoms with Crippen LogP contribution in [0.4, 0.5) is 0 Å². The molecule has 1 aromatic rings. The first-order chi connectivity index (χ1) is 11.8. The molecular weight excluding hydrogens is 300 g/mol. The summed E-state index contributed by atoms with van der Waals surface area (Å²) < 4.78 is 6.06. The lowest BCUT2D eigenvalue weighted by Crippen LogP contribution is -2.51. The summed E-state index contributed by atoms with van der Waals surface area (Å²) in [6, 6.07) is 8.31. The summed E-state index contributed by atoms with van der Waals surface area (Å²) in [7, 11) is 0. The van der Waals surface area contributed by atoms with Crippen LogP contribution in [-0.2, 0) is 0 Å². The molecule has 0 saturated carbocycles. The summed E-state index contributed by atoms with van der Waals surface area (Å²) in [5.41, 5.74) is 0.764. The average molecular weight is 328 g/mol. The van der Waals surface area contributed by atoms with E-state index in [0.717, 1.165) is 49.8 Å². The predicted octanol–water partition coefficient (Wildman–Crippen LogP) is 3.18. The number of hydrogen-bond donors (Lipinski definition) is 0. The van der Waals surface area contributed by atoms with Crippen molar-refractivity contribution in [2.45, 2.75) is 44.6 Å². The van der Waals surface area contributed by atoms with Crippen LogP contribution in [0.15, 0.2) is 24.3 Å². The van der Waals surface area contributed by atoms with Crippen LogP contribution in [0.5, 0.6) is 5.75 Å². The highest BCUT2D eigenvalue weighted by Gasteiger charge is 2.33. The maximum absolute atomic E-state index is 12.6. The number of carbonyl (C=O) groups is 1. The molecule has 4 aliphatic rings. The Labute approximate surface area is 144 Å². The third-order valence-corrected chi connectivity index (χ3v) is 5.94. The zero-order valence-electron chi connectivity index (χ0n) is 14.5. The predicted molar refractivity (Wildman–Crippen MR) is 94.4 cm³/mol. The molecule has 0 aromatic heterocycles. The number of likely N-dealkylation sites (tertiary alicyclic amines) is 1. The fourth-order valence-corrected chi connectivity index (χ4v) is 4.45. The highest BCUT2D eigenvalue weighted by molar-refractivity contribution is 5.94. The maximum Gasteiger partial charge on any atom is 0.253 e. The van der Waals surface area contributed by atoms with Crippen LogP contribution < -0.4 is 4.74 Å². The smallest absolute Gasteiger partial charge is 0.253 e. The minimum Gasteiger partial charge on any atom is -0.492 e. The quantitative estimate of drug-likeness (QED) is 0.851. The summed E-state index contributed by atoms with van der Waals surface area (Å²) in [5, 5.41) is 0. The molecule has 1 amide bonds. The van der Waals surface area contributed by atoms with Gasteiger partial charge in [-0.2, -0.15) is 0 Å². The van der Waals surface area contributed by atoms with Gasteiger partial charge in [-0.1, -0.05) is 6.07 Å². The molecule has 24 heavy (non-hydrogen) atoms. The van der Waals surface area contributed by atoms with Crippen molar-refractivity contribution in [3.8, 4) is 5.75 Å². The van der Waals surface area contributed by atoms with Gasteiger partial charge in [0.2, 0.25) is 0 Å². The van der Waals surface area contributed by atoms with Crippen LogP contribution in [0.2, 0.25) is 0 Å². The topological polar surface area (TPSA) is 32.8 Å². The van der Waals surface area contributed by atoms with Crippen molar-refractivity contribution in [2.75, 3.05) is 32.8 Å². The van der Waals surface area contributed by atoms with Crippen molar-refractivity contribution in [2.24, 2.45) is 5.92 Å². The Morgan fingerprint density at radius 1 is 1.08 bits per heavy atom. The van der Waals surface area contributed by atoms with E-state index in [1.165, 1.54) is 38.8 Å². The number of benzene rings is 1. The van der Waals surface area contributed by atoms with Gasteiger partial charge in [-0.05, 0) is 75.7 Å². The first kappa shape index (κ1) is 15.9. The first-order valence-electron chi connectivity index (χ1n) is 9.56. The Bertz CT molecular complexity index is 575. The van der Waals surface area contributed by atoms with Gasteiger partial charge in [0, 0.05) is 24.7 Å². The molecule has 4 aliphatic heterocycles.